The number of carbonyl (C=O) groups is 5. The highest BCUT2D eigenvalue weighted by atomic mass is 16.7. The molecule has 190 valence electrons. The molecule has 0 aliphatic carbocycles. The number of anilines is 1. The van der Waals surface area contributed by atoms with Gasteiger partial charge in [0.1, 0.15) is 12.6 Å². The molecule has 1 aliphatic heterocycles. The molecular weight excluding hydrogens is 466 g/mol. The van der Waals surface area contributed by atoms with E-state index in [0.29, 0.717) is 5.69 Å². The molecule has 1 aromatic carbocycles. The predicted molar refractivity (Wildman–Crippen MR) is 119 cm³/mol. The maximum absolute atomic E-state index is 12.2. The van der Waals surface area contributed by atoms with Crippen LogP contribution in [0.25, 0.3) is 0 Å². The third kappa shape index (κ3) is 8.61. The zero-order valence-electron chi connectivity index (χ0n) is 19.6. The molecule has 1 aliphatic rings. The summed E-state index contributed by atoms with van der Waals surface area (Å²) in [6.45, 7) is 4.54. The van der Waals surface area contributed by atoms with Gasteiger partial charge in [0.25, 0.3) is 5.90 Å². The van der Waals surface area contributed by atoms with E-state index in [0.717, 1.165) is 20.8 Å². The van der Waals surface area contributed by atoms with Gasteiger partial charge in [-0.3, -0.25) is 29.3 Å². The molecule has 1 saturated heterocycles. The van der Waals surface area contributed by atoms with E-state index in [-0.39, 0.29) is 12.3 Å². The van der Waals surface area contributed by atoms with Crippen LogP contribution in [0.3, 0.4) is 0 Å². The standard InChI is InChI=1S/C22H27N3O10/c1-5-17(29)24-18-20(33-14(4)28)19(32-13(3)27)16(11-31-12(2)26)34-21(18)25-35-22(30)23-15-9-7-6-8-10-15/h6-10,16,18-20H,5,11H2,1-4H3,(H,23,30)(H,24,29)/t16-,18-,19-,20-/m1/s1. The van der Waals surface area contributed by atoms with Crippen molar-refractivity contribution in [3.63, 3.8) is 0 Å². The lowest BCUT2D eigenvalue weighted by Gasteiger charge is -2.41. The Bertz CT molecular complexity index is 965. The van der Waals surface area contributed by atoms with Crippen LogP contribution in [0.5, 0.6) is 0 Å². The van der Waals surface area contributed by atoms with E-state index in [4.69, 9.17) is 23.8 Å². The molecule has 0 bridgehead atoms. The number of rotatable bonds is 8. The van der Waals surface area contributed by atoms with Gasteiger partial charge in [-0.25, -0.2) is 4.79 Å². The highest BCUT2D eigenvalue weighted by molar-refractivity contribution is 5.90. The van der Waals surface area contributed by atoms with E-state index >= 15 is 0 Å². The molecule has 2 N–H and O–H groups in total. The lowest BCUT2D eigenvalue weighted by molar-refractivity contribution is -0.186. The molecule has 0 saturated carbocycles. The lowest BCUT2D eigenvalue weighted by Crippen LogP contribution is -2.64. The number of nitrogens with one attached hydrogen (secondary N) is 2. The van der Waals surface area contributed by atoms with Gasteiger partial charge in [-0.05, 0) is 17.3 Å². The number of carbonyl (C=O) groups excluding carboxylic acids is 5. The zero-order chi connectivity index (χ0) is 26.0. The average molecular weight is 493 g/mol. The van der Waals surface area contributed by atoms with Crippen molar-refractivity contribution in [1.82, 2.24) is 5.32 Å². The summed E-state index contributed by atoms with van der Waals surface area (Å²) in [5, 5.41) is 8.69. The number of hydrogen-bond donors (Lipinski definition) is 2. The zero-order valence-corrected chi connectivity index (χ0v) is 19.6. The van der Waals surface area contributed by atoms with E-state index in [1.165, 1.54) is 0 Å². The molecule has 0 aromatic heterocycles. The van der Waals surface area contributed by atoms with Gasteiger partial charge in [0.15, 0.2) is 18.3 Å². The molecule has 2 amide bonds. The van der Waals surface area contributed by atoms with Crippen LogP contribution in [0, 0.1) is 0 Å². The SMILES string of the molecule is CCC(=O)N[C@H]1C(=NOC(=O)Nc2ccccc2)O[C@H](COC(C)=O)[C@@H](OC(C)=O)[C@@H]1OC(C)=O. The largest absolute Gasteiger partial charge is 0.466 e. The summed E-state index contributed by atoms with van der Waals surface area (Å²) < 4.78 is 21.3. The number of nitrogens with zero attached hydrogens (tertiary/aromatic N) is 1. The maximum Gasteiger partial charge on any atom is 0.437 e. The fourth-order valence-electron chi connectivity index (χ4n) is 3.07. The van der Waals surface area contributed by atoms with E-state index in [1.807, 2.05) is 0 Å². The Kier molecular flexibility index (Phi) is 9.99. The van der Waals surface area contributed by atoms with Gasteiger partial charge in [0.05, 0.1) is 0 Å². The Morgan fingerprint density at radius 1 is 0.943 bits per heavy atom. The van der Waals surface area contributed by atoms with Crippen LogP contribution in [0.4, 0.5) is 10.5 Å². The number of hydrogen-bond acceptors (Lipinski definition) is 11. The predicted octanol–water partition coefficient (Wildman–Crippen LogP) is 1.27. The van der Waals surface area contributed by atoms with Gasteiger partial charge in [-0.1, -0.05) is 25.1 Å². The van der Waals surface area contributed by atoms with Crippen molar-refractivity contribution >= 4 is 41.5 Å². The van der Waals surface area contributed by atoms with Crippen LogP contribution in [-0.2, 0) is 43.0 Å². The third-order valence-electron chi connectivity index (χ3n) is 4.49. The first-order chi connectivity index (χ1) is 16.6. The molecule has 35 heavy (non-hydrogen) atoms. The lowest BCUT2D eigenvalue weighted by atomic mass is 9.96. The van der Waals surface area contributed by atoms with Gasteiger partial charge in [0, 0.05) is 32.9 Å². The summed E-state index contributed by atoms with van der Waals surface area (Å²) in [4.78, 5) is 64.3. The molecular formula is C22H27N3O10. The van der Waals surface area contributed by atoms with Gasteiger partial charge in [0.2, 0.25) is 5.91 Å². The van der Waals surface area contributed by atoms with E-state index in [1.54, 1.807) is 37.3 Å². The molecule has 0 radical (unpaired) electrons. The van der Waals surface area contributed by atoms with Crippen molar-refractivity contribution in [2.75, 3.05) is 11.9 Å². The Hall–Kier alpha value is -4.16. The Morgan fingerprint density at radius 3 is 2.14 bits per heavy atom. The summed E-state index contributed by atoms with van der Waals surface area (Å²) in [5.74, 6) is -3.03. The fraction of sp³-hybridized carbons (Fsp3) is 0.455. The maximum atomic E-state index is 12.2. The van der Waals surface area contributed by atoms with Crippen LogP contribution in [0.2, 0.25) is 0 Å². The second-order valence-electron chi connectivity index (χ2n) is 7.31. The van der Waals surface area contributed by atoms with Crippen LogP contribution in [0.1, 0.15) is 34.1 Å². The Labute approximate surface area is 201 Å². The normalized spacial score (nSPS) is 22.2. The highest BCUT2D eigenvalue weighted by Gasteiger charge is 2.50. The number of amides is 2. The smallest absolute Gasteiger partial charge is 0.437 e. The minimum absolute atomic E-state index is 0.0427. The van der Waals surface area contributed by atoms with Crippen molar-refractivity contribution in [3.05, 3.63) is 30.3 Å². The summed E-state index contributed by atoms with van der Waals surface area (Å²) >= 11 is 0. The number of oxime groups is 1. The number of ether oxygens (including phenoxy) is 4. The minimum Gasteiger partial charge on any atom is -0.466 e. The second kappa shape index (κ2) is 12.9. The minimum atomic E-state index is -1.35. The van der Waals surface area contributed by atoms with E-state index in [2.05, 4.69) is 15.8 Å². The monoisotopic (exact) mass is 493 g/mol. The summed E-state index contributed by atoms with van der Waals surface area (Å²) in [7, 11) is 0. The van der Waals surface area contributed by atoms with Gasteiger partial charge >= 0.3 is 24.0 Å². The Balaban J connectivity index is 2.39. The molecule has 0 spiro atoms. The number of para-hydroxylation sites is 1. The number of esters is 3. The first kappa shape index (κ1) is 27.1. The van der Waals surface area contributed by atoms with Crippen LogP contribution >= 0.6 is 0 Å². The molecule has 0 unspecified atom stereocenters. The number of benzene rings is 1. The first-order valence-electron chi connectivity index (χ1n) is 10.7. The molecule has 2 rings (SSSR count). The van der Waals surface area contributed by atoms with Crippen molar-refractivity contribution in [2.24, 2.45) is 5.16 Å². The van der Waals surface area contributed by atoms with Crippen LogP contribution in [0.15, 0.2) is 35.5 Å². The molecule has 1 heterocycles. The molecule has 13 nitrogen and oxygen atoms in total. The topological polar surface area (TPSA) is 168 Å². The van der Waals surface area contributed by atoms with Gasteiger partial charge in [-0.2, -0.15) is 0 Å². The first-order valence-corrected chi connectivity index (χ1v) is 10.7. The van der Waals surface area contributed by atoms with E-state index in [9.17, 15) is 24.0 Å². The van der Waals surface area contributed by atoms with Crippen molar-refractivity contribution < 1.29 is 47.8 Å². The molecule has 1 aromatic rings. The summed E-state index contributed by atoms with van der Waals surface area (Å²) in [6.07, 6.45) is -4.78. The summed E-state index contributed by atoms with van der Waals surface area (Å²) in [6, 6.07) is 7.08. The second-order valence-corrected chi connectivity index (χ2v) is 7.31. The van der Waals surface area contributed by atoms with Crippen molar-refractivity contribution in [1.29, 1.82) is 0 Å². The highest BCUT2D eigenvalue weighted by Crippen LogP contribution is 2.25. The molecule has 1 fully saturated rings. The third-order valence-corrected chi connectivity index (χ3v) is 4.49. The summed E-state index contributed by atoms with van der Waals surface area (Å²) in [5.41, 5.74) is 0.429. The van der Waals surface area contributed by atoms with Gasteiger partial charge < -0.3 is 24.3 Å². The van der Waals surface area contributed by atoms with Crippen molar-refractivity contribution in [3.8, 4) is 0 Å². The molecule has 4 atom stereocenters. The van der Waals surface area contributed by atoms with Gasteiger partial charge in [-0.15, -0.1) is 0 Å². The fourth-order valence-corrected chi connectivity index (χ4v) is 3.07. The molecule has 13 heteroatoms. The van der Waals surface area contributed by atoms with Crippen molar-refractivity contribution in [2.45, 2.75) is 58.5 Å². The van der Waals surface area contributed by atoms with Crippen LogP contribution in [-0.4, -0.2) is 66.8 Å². The Morgan fingerprint density at radius 2 is 1.57 bits per heavy atom. The quantitative estimate of drug-likeness (QED) is 0.233. The average Bonchev–Trinajstić information content (AvgIpc) is 2.79. The van der Waals surface area contributed by atoms with Crippen LogP contribution < -0.4 is 10.6 Å². The van der Waals surface area contributed by atoms with E-state index < -0.39 is 60.9 Å².